The third kappa shape index (κ3) is 7.56. The predicted octanol–water partition coefficient (Wildman–Crippen LogP) is 4.24. The van der Waals surface area contributed by atoms with Crippen molar-refractivity contribution in [2.45, 2.75) is 78.4 Å². The summed E-state index contributed by atoms with van der Waals surface area (Å²) in [5.74, 6) is -0.632. The van der Waals surface area contributed by atoms with E-state index in [-0.39, 0.29) is 25.0 Å². The Hall–Kier alpha value is -2.87. The number of carbonyl (C=O) groups excluding carboxylic acids is 2. The van der Waals surface area contributed by atoms with Crippen LogP contribution >= 0.6 is 0 Å². The molecule has 0 spiro atoms. The SMILES string of the molecule is Cc1cccc(CN(C(=O)CN(c2cc(C)cc(C)c2)S(C)(=O)=O)C(C)C(=O)NC2CCCCC2)c1. The maximum Gasteiger partial charge on any atom is 0.244 e. The van der Waals surface area contributed by atoms with Gasteiger partial charge in [0.15, 0.2) is 0 Å². The Morgan fingerprint density at radius 3 is 2.19 bits per heavy atom. The van der Waals surface area contributed by atoms with Crippen LogP contribution in [0.25, 0.3) is 0 Å². The van der Waals surface area contributed by atoms with Gasteiger partial charge in [-0.05, 0) is 69.4 Å². The van der Waals surface area contributed by atoms with Crippen molar-refractivity contribution < 1.29 is 18.0 Å². The van der Waals surface area contributed by atoms with Crippen molar-refractivity contribution in [3.05, 3.63) is 64.7 Å². The Kier molecular flexibility index (Phi) is 9.17. The normalized spacial score (nSPS) is 15.2. The second-order valence-corrected chi connectivity index (χ2v) is 12.1. The van der Waals surface area contributed by atoms with Crippen molar-refractivity contribution >= 4 is 27.5 Å². The Morgan fingerprint density at radius 1 is 0.972 bits per heavy atom. The van der Waals surface area contributed by atoms with Crippen LogP contribution in [0.2, 0.25) is 0 Å². The lowest BCUT2D eigenvalue weighted by molar-refractivity contribution is -0.139. The zero-order valence-electron chi connectivity index (χ0n) is 22.1. The maximum absolute atomic E-state index is 13.7. The highest BCUT2D eigenvalue weighted by molar-refractivity contribution is 7.92. The quantitative estimate of drug-likeness (QED) is 0.543. The highest BCUT2D eigenvalue weighted by Crippen LogP contribution is 2.23. The summed E-state index contributed by atoms with van der Waals surface area (Å²) in [5.41, 5.74) is 4.19. The molecule has 7 nitrogen and oxygen atoms in total. The third-order valence-corrected chi connectivity index (χ3v) is 7.87. The van der Waals surface area contributed by atoms with Crippen LogP contribution in [-0.2, 0) is 26.2 Å². The van der Waals surface area contributed by atoms with Gasteiger partial charge in [-0.3, -0.25) is 13.9 Å². The molecule has 0 bridgehead atoms. The van der Waals surface area contributed by atoms with E-state index in [1.54, 1.807) is 19.1 Å². The minimum Gasteiger partial charge on any atom is -0.352 e. The van der Waals surface area contributed by atoms with E-state index in [1.807, 2.05) is 51.1 Å². The van der Waals surface area contributed by atoms with Crippen LogP contribution in [0.3, 0.4) is 0 Å². The first-order chi connectivity index (χ1) is 16.9. The van der Waals surface area contributed by atoms with Gasteiger partial charge in [0, 0.05) is 12.6 Å². The fraction of sp³-hybridized carbons (Fsp3) is 0.500. The molecule has 36 heavy (non-hydrogen) atoms. The topological polar surface area (TPSA) is 86.8 Å². The van der Waals surface area contributed by atoms with Crippen LogP contribution in [-0.4, -0.2) is 50.0 Å². The number of aryl methyl sites for hydroxylation is 3. The molecule has 2 amide bonds. The fourth-order valence-electron chi connectivity index (χ4n) is 4.87. The first-order valence-corrected chi connectivity index (χ1v) is 14.5. The minimum absolute atomic E-state index is 0.118. The lowest BCUT2D eigenvalue weighted by atomic mass is 9.95. The summed E-state index contributed by atoms with van der Waals surface area (Å²) in [4.78, 5) is 28.4. The largest absolute Gasteiger partial charge is 0.352 e. The smallest absolute Gasteiger partial charge is 0.244 e. The van der Waals surface area contributed by atoms with E-state index in [0.717, 1.165) is 58.5 Å². The fourth-order valence-corrected chi connectivity index (χ4v) is 5.70. The summed E-state index contributed by atoms with van der Waals surface area (Å²) >= 11 is 0. The van der Waals surface area contributed by atoms with E-state index < -0.39 is 22.0 Å². The molecule has 2 aromatic rings. The Labute approximate surface area is 215 Å². The van der Waals surface area contributed by atoms with Crippen LogP contribution in [0, 0.1) is 20.8 Å². The molecular formula is C28H39N3O4S. The standard InChI is InChI=1S/C28H39N3O4S/c1-20-10-9-11-24(15-20)18-30(23(4)28(33)29-25-12-7-6-8-13-25)27(32)19-31(36(5,34)35)26-16-21(2)14-22(3)17-26/h9-11,14-17,23,25H,6-8,12-13,18-19H2,1-5H3,(H,29,33). The van der Waals surface area contributed by atoms with Gasteiger partial charge >= 0.3 is 0 Å². The number of carbonyl (C=O) groups is 2. The average molecular weight is 514 g/mol. The van der Waals surface area contributed by atoms with Crippen molar-refractivity contribution in [2.75, 3.05) is 17.1 Å². The zero-order chi connectivity index (χ0) is 26.5. The zero-order valence-corrected chi connectivity index (χ0v) is 22.9. The van der Waals surface area contributed by atoms with Gasteiger partial charge in [0.2, 0.25) is 21.8 Å². The number of anilines is 1. The maximum atomic E-state index is 13.7. The Morgan fingerprint density at radius 2 is 1.61 bits per heavy atom. The molecule has 0 saturated heterocycles. The number of benzene rings is 2. The third-order valence-electron chi connectivity index (χ3n) is 6.73. The molecule has 1 fully saturated rings. The molecule has 1 atom stereocenters. The predicted molar refractivity (Wildman–Crippen MR) is 144 cm³/mol. The number of rotatable bonds is 9. The van der Waals surface area contributed by atoms with Crippen LogP contribution in [0.5, 0.6) is 0 Å². The number of hydrogen-bond donors (Lipinski definition) is 1. The first kappa shape index (κ1) is 27.7. The molecule has 1 aliphatic carbocycles. The molecule has 1 aliphatic rings. The number of nitrogens with one attached hydrogen (secondary N) is 1. The van der Waals surface area contributed by atoms with Gasteiger partial charge in [-0.1, -0.05) is 55.2 Å². The molecule has 1 N–H and O–H groups in total. The summed E-state index contributed by atoms with van der Waals surface area (Å²) in [7, 11) is -3.74. The lowest BCUT2D eigenvalue weighted by Gasteiger charge is -2.33. The molecule has 0 aromatic heterocycles. The van der Waals surface area contributed by atoms with Gasteiger partial charge in [0.05, 0.1) is 11.9 Å². The van der Waals surface area contributed by atoms with Crippen LogP contribution in [0.1, 0.15) is 61.3 Å². The molecule has 196 valence electrons. The summed E-state index contributed by atoms with van der Waals surface area (Å²) in [6, 6.07) is 12.6. The molecule has 3 rings (SSSR count). The monoisotopic (exact) mass is 513 g/mol. The second kappa shape index (κ2) is 11.9. The lowest BCUT2D eigenvalue weighted by Crippen LogP contribution is -2.53. The molecule has 0 radical (unpaired) electrons. The molecule has 1 unspecified atom stereocenters. The average Bonchev–Trinajstić information content (AvgIpc) is 2.79. The van der Waals surface area contributed by atoms with E-state index in [0.29, 0.717) is 5.69 Å². The van der Waals surface area contributed by atoms with E-state index in [1.165, 1.54) is 11.3 Å². The summed E-state index contributed by atoms with van der Waals surface area (Å²) in [6.45, 7) is 7.30. The van der Waals surface area contributed by atoms with Gasteiger partial charge in [-0.15, -0.1) is 0 Å². The van der Waals surface area contributed by atoms with E-state index in [2.05, 4.69) is 5.32 Å². The highest BCUT2D eigenvalue weighted by atomic mass is 32.2. The van der Waals surface area contributed by atoms with E-state index in [4.69, 9.17) is 0 Å². The molecule has 0 heterocycles. The van der Waals surface area contributed by atoms with Crippen LogP contribution < -0.4 is 9.62 Å². The van der Waals surface area contributed by atoms with Crippen molar-refractivity contribution in [1.29, 1.82) is 0 Å². The number of nitrogens with zero attached hydrogens (tertiary/aromatic N) is 2. The molecule has 2 aromatic carbocycles. The number of hydrogen-bond acceptors (Lipinski definition) is 4. The van der Waals surface area contributed by atoms with Gasteiger partial charge in [0.25, 0.3) is 0 Å². The van der Waals surface area contributed by atoms with E-state index in [9.17, 15) is 18.0 Å². The van der Waals surface area contributed by atoms with Gasteiger partial charge in [0.1, 0.15) is 12.6 Å². The summed E-state index contributed by atoms with van der Waals surface area (Å²) in [5, 5.41) is 3.12. The molecule has 0 aliphatic heterocycles. The molecule has 8 heteroatoms. The van der Waals surface area contributed by atoms with Crippen LogP contribution in [0.4, 0.5) is 5.69 Å². The van der Waals surface area contributed by atoms with Crippen molar-refractivity contribution in [3.63, 3.8) is 0 Å². The minimum atomic E-state index is -3.74. The number of amides is 2. The molecule has 1 saturated carbocycles. The van der Waals surface area contributed by atoms with Crippen molar-refractivity contribution in [2.24, 2.45) is 0 Å². The van der Waals surface area contributed by atoms with Gasteiger partial charge in [-0.2, -0.15) is 0 Å². The van der Waals surface area contributed by atoms with Crippen molar-refractivity contribution in [3.8, 4) is 0 Å². The van der Waals surface area contributed by atoms with Crippen molar-refractivity contribution in [1.82, 2.24) is 10.2 Å². The number of sulfonamides is 1. The first-order valence-electron chi connectivity index (χ1n) is 12.7. The van der Waals surface area contributed by atoms with Gasteiger partial charge < -0.3 is 10.2 Å². The summed E-state index contributed by atoms with van der Waals surface area (Å²) in [6.07, 6.45) is 6.34. The van der Waals surface area contributed by atoms with E-state index >= 15 is 0 Å². The Balaban J connectivity index is 1.89. The summed E-state index contributed by atoms with van der Waals surface area (Å²) < 4.78 is 26.6. The van der Waals surface area contributed by atoms with Gasteiger partial charge in [-0.25, -0.2) is 8.42 Å². The highest BCUT2D eigenvalue weighted by Gasteiger charge is 2.31. The molecular weight excluding hydrogens is 474 g/mol. The second-order valence-electron chi connectivity index (χ2n) is 10.1. The Bertz CT molecular complexity index is 1170. The van der Waals surface area contributed by atoms with Crippen LogP contribution in [0.15, 0.2) is 42.5 Å².